The van der Waals surface area contributed by atoms with Crippen molar-refractivity contribution in [1.82, 2.24) is 15.5 Å². The van der Waals surface area contributed by atoms with E-state index in [1.807, 2.05) is 0 Å². The van der Waals surface area contributed by atoms with Crippen molar-refractivity contribution >= 4 is 35.8 Å². The van der Waals surface area contributed by atoms with Gasteiger partial charge >= 0.3 is 0 Å². The molecule has 2 N–H and O–H groups in total. The number of nitrogens with one attached hydrogen (secondary N) is 2. The SMILES string of the molecule is COCCC1(CNC(=NCC(=O)N(C)C)NCC2CCCO2)CCCC1.I. The van der Waals surface area contributed by atoms with Gasteiger partial charge < -0.3 is 25.0 Å². The van der Waals surface area contributed by atoms with Crippen LogP contribution in [0.5, 0.6) is 0 Å². The van der Waals surface area contributed by atoms with E-state index in [-0.39, 0.29) is 47.9 Å². The van der Waals surface area contributed by atoms with Crippen LogP contribution in [0, 0.1) is 5.41 Å². The van der Waals surface area contributed by atoms with Crippen molar-refractivity contribution < 1.29 is 14.3 Å². The van der Waals surface area contributed by atoms with Crippen LogP contribution in [0.25, 0.3) is 0 Å². The van der Waals surface area contributed by atoms with E-state index in [4.69, 9.17) is 9.47 Å². The largest absolute Gasteiger partial charge is 0.385 e. The number of guanidine groups is 1. The lowest BCUT2D eigenvalue weighted by Crippen LogP contribution is -2.46. The van der Waals surface area contributed by atoms with E-state index in [2.05, 4.69) is 15.6 Å². The van der Waals surface area contributed by atoms with Crippen LogP contribution < -0.4 is 10.6 Å². The fourth-order valence-corrected chi connectivity index (χ4v) is 3.71. The molecule has 2 aliphatic rings. The summed E-state index contributed by atoms with van der Waals surface area (Å²) in [6, 6.07) is 0. The van der Waals surface area contributed by atoms with Crippen molar-refractivity contribution in [3.63, 3.8) is 0 Å². The Balaban J connectivity index is 0.00000364. The number of aliphatic imine (C=N–C) groups is 1. The predicted molar refractivity (Wildman–Crippen MR) is 119 cm³/mol. The lowest BCUT2D eigenvalue weighted by Gasteiger charge is -2.30. The van der Waals surface area contributed by atoms with Crippen LogP contribution in [-0.4, -0.2) is 76.9 Å². The van der Waals surface area contributed by atoms with Crippen molar-refractivity contribution in [3.8, 4) is 0 Å². The Labute approximate surface area is 181 Å². The number of hydrogen-bond donors (Lipinski definition) is 2. The minimum absolute atomic E-state index is 0. The maximum atomic E-state index is 11.9. The van der Waals surface area contributed by atoms with E-state index in [9.17, 15) is 4.79 Å². The van der Waals surface area contributed by atoms with Crippen LogP contribution in [-0.2, 0) is 14.3 Å². The topological polar surface area (TPSA) is 75.2 Å². The Morgan fingerprint density at radius 1 is 1.26 bits per heavy atom. The second-order valence-corrected chi connectivity index (χ2v) is 7.77. The van der Waals surface area contributed by atoms with E-state index in [0.717, 1.165) is 45.6 Å². The van der Waals surface area contributed by atoms with E-state index >= 15 is 0 Å². The molecule has 8 heteroatoms. The molecule has 2 rings (SSSR count). The number of likely N-dealkylation sites (N-methyl/N-ethyl adjacent to an activating group) is 1. The van der Waals surface area contributed by atoms with Gasteiger partial charge in [0.05, 0.1) is 6.10 Å². The molecule has 1 saturated carbocycles. The molecular weight excluding hydrogens is 459 g/mol. The van der Waals surface area contributed by atoms with Crippen LogP contribution in [0.3, 0.4) is 0 Å². The molecule has 1 unspecified atom stereocenters. The molecule has 0 bridgehead atoms. The normalized spacial score (nSPS) is 21.6. The highest BCUT2D eigenvalue weighted by Gasteiger charge is 2.33. The lowest BCUT2D eigenvalue weighted by molar-refractivity contribution is -0.127. The lowest BCUT2D eigenvalue weighted by atomic mass is 9.83. The Bertz CT molecular complexity index is 462. The van der Waals surface area contributed by atoms with Crippen LogP contribution in [0.15, 0.2) is 4.99 Å². The van der Waals surface area contributed by atoms with Gasteiger partial charge in [0, 0.05) is 47.5 Å². The Kier molecular flexibility index (Phi) is 11.6. The second kappa shape index (κ2) is 12.8. The molecule has 0 aromatic rings. The van der Waals surface area contributed by atoms with Gasteiger partial charge in [-0.15, -0.1) is 24.0 Å². The van der Waals surface area contributed by atoms with Gasteiger partial charge in [-0.1, -0.05) is 12.8 Å². The number of carbonyl (C=O) groups is 1. The molecule has 0 radical (unpaired) electrons. The highest BCUT2D eigenvalue weighted by molar-refractivity contribution is 14.0. The first kappa shape index (κ1) is 24.4. The van der Waals surface area contributed by atoms with Crippen LogP contribution >= 0.6 is 24.0 Å². The first-order chi connectivity index (χ1) is 12.5. The summed E-state index contributed by atoms with van der Waals surface area (Å²) in [4.78, 5) is 18.0. The molecule has 0 aromatic carbocycles. The summed E-state index contributed by atoms with van der Waals surface area (Å²) in [6.45, 7) is 3.37. The van der Waals surface area contributed by atoms with Gasteiger partial charge in [0.25, 0.3) is 0 Å². The summed E-state index contributed by atoms with van der Waals surface area (Å²) in [5.41, 5.74) is 0.272. The van der Waals surface area contributed by atoms with Gasteiger partial charge in [0.1, 0.15) is 6.54 Å². The molecule has 7 nitrogen and oxygen atoms in total. The van der Waals surface area contributed by atoms with Crippen molar-refractivity contribution in [2.24, 2.45) is 10.4 Å². The molecule has 158 valence electrons. The molecule has 1 aliphatic heterocycles. The Morgan fingerprint density at radius 3 is 2.59 bits per heavy atom. The third kappa shape index (κ3) is 8.51. The molecule has 1 heterocycles. The maximum absolute atomic E-state index is 11.9. The number of methoxy groups -OCH3 is 1. The number of amides is 1. The van der Waals surface area contributed by atoms with Gasteiger partial charge in [-0.05, 0) is 37.5 Å². The predicted octanol–water partition coefficient (Wildman–Crippen LogP) is 2.00. The zero-order valence-electron chi connectivity index (χ0n) is 17.1. The van der Waals surface area contributed by atoms with Crippen molar-refractivity contribution in [1.29, 1.82) is 0 Å². The zero-order chi connectivity index (χ0) is 18.8. The van der Waals surface area contributed by atoms with Crippen LogP contribution in [0.2, 0.25) is 0 Å². The first-order valence-corrected chi connectivity index (χ1v) is 9.87. The molecule has 0 aromatic heterocycles. The Hall–Kier alpha value is -0.610. The summed E-state index contributed by atoms with van der Waals surface area (Å²) < 4.78 is 11.0. The summed E-state index contributed by atoms with van der Waals surface area (Å²) in [7, 11) is 5.27. The number of hydrogen-bond acceptors (Lipinski definition) is 4. The van der Waals surface area contributed by atoms with E-state index in [1.54, 1.807) is 26.1 Å². The fourth-order valence-electron chi connectivity index (χ4n) is 3.71. The minimum atomic E-state index is -0.00169. The molecule has 1 saturated heterocycles. The van der Waals surface area contributed by atoms with E-state index in [1.165, 1.54) is 25.7 Å². The molecule has 27 heavy (non-hydrogen) atoms. The van der Waals surface area contributed by atoms with Crippen LogP contribution in [0.1, 0.15) is 44.9 Å². The number of halogens is 1. The number of ether oxygens (including phenoxy) is 2. The van der Waals surface area contributed by atoms with Gasteiger partial charge in [-0.2, -0.15) is 0 Å². The highest BCUT2D eigenvalue weighted by Crippen LogP contribution is 2.40. The molecule has 2 fully saturated rings. The average Bonchev–Trinajstić information content (AvgIpc) is 3.31. The van der Waals surface area contributed by atoms with Gasteiger partial charge in [0.2, 0.25) is 5.91 Å². The first-order valence-electron chi connectivity index (χ1n) is 9.87. The molecule has 1 aliphatic carbocycles. The number of carbonyl (C=O) groups excluding carboxylic acids is 1. The summed E-state index contributed by atoms with van der Waals surface area (Å²) >= 11 is 0. The van der Waals surface area contributed by atoms with Crippen molar-refractivity contribution in [2.45, 2.75) is 51.0 Å². The zero-order valence-corrected chi connectivity index (χ0v) is 19.4. The maximum Gasteiger partial charge on any atom is 0.243 e. The summed E-state index contributed by atoms with van der Waals surface area (Å²) in [5, 5.41) is 6.85. The molecule has 1 atom stereocenters. The van der Waals surface area contributed by atoms with Gasteiger partial charge in [-0.25, -0.2) is 4.99 Å². The van der Waals surface area contributed by atoms with E-state index < -0.39 is 0 Å². The third-order valence-corrected chi connectivity index (χ3v) is 5.52. The minimum Gasteiger partial charge on any atom is -0.385 e. The second-order valence-electron chi connectivity index (χ2n) is 7.77. The smallest absolute Gasteiger partial charge is 0.243 e. The Morgan fingerprint density at radius 2 is 2.00 bits per heavy atom. The van der Waals surface area contributed by atoms with Gasteiger partial charge in [0.15, 0.2) is 5.96 Å². The van der Waals surface area contributed by atoms with Crippen molar-refractivity contribution in [3.05, 3.63) is 0 Å². The summed E-state index contributed by atoms with van der Waals surface area (Å²) in [6.07, 6.45) is 8.49. The quantitative estimate of drug-likeness (QED) is 0.290. The molecule has 1 amide bonds. The number of rotatable bonds is 9. The third-order valence-electron chi connectivity index (χ3n) is 5.52. The van der Waals surface area contributed by atoms with Crippen molar-refractivity contribution in [2.75, 3.05) is 54.1 Å². The standard InChI is InChI=1S/C19H36N4O3.HI/c1-23(2)17(24)14-21-18(20-13-16-7-6-11-26-16)22-15-19(10-12-25-3)8-4-5-9-19;/h16H,4-15H2,1-3H3,(H2,20,21,22);1H. The molecular formula is C19H37IN4O3. The fraction of sp³-hybridized carbons (Fsp3) is 0.895. The van der Waals surface area contributed by atoms with E-state index in [0.29, 0.717) is 5.96 Å². The summed E-state index contributed by atoms with van der Waals surface area (Å²) in [5.74, 6) is 0.706. The molecule has 0 spiro atoms. The average molecular weight is 496 g/mol. The van der Waals surface area contributed by atoms with Crippen LogP contribution in [0.4, 0.5) is 0 Å². The van der Waals surface area contributed by atoms with Gasteiger partial charge in [-0.3, -0.25) is 4.79 Å². The monoisotopic (exact) mass is 496 g/mol. The highest BCUT2D eigenvalue weighted by atomic mass is 127. The number of nitrogens with zero attached hydrogens (tertiary/aromatic N) is 2.